The molecule has 0 rings (SSSR count). The van der Waals surface area contributed by atoms with Crippen molar-refractivity contribution in [2.75, 3.05) is 13.2 Å². The van der Waals surface area contributed by atoms with Crippen LogP contribution < -0.4 is 0 Å². The van der Waals surface area contributed by atoms with Gasteiger partial charge in [-0.1, -0.05) is 326 Å². The lowest BCUT2D eigenvalue weighted by molar-refractivity contribution is -0.167. The Morgan fingerprint density at radius 1 is 0.241 bits per heavy atom. The molecule has 6 heteroatoms. The summed E-state index contributed by atoms with van der Waals surface area (Å²) in [6.45, 7) is 6.67. The van der Waals surface area contributed by atoms with Gasteiger partial charge in [-0.3, -0.25) is 14.4 Å². The van der Waals surface area contributed by atoms with Crippen LogP contribution in [0.15, 0.2) is 60.8 Å². The first-order chi connectivity index (χ1) is 41.0. The molecule has 0 heterocycles. The van der Waals surface area contributed by atoms with Gasteiger partial charge in [0.2, 0.25) is 0 Å². The lowest BCUT2D eigenvalue weighted by atomic mass is 10.0. The molecular weight excluding hydrogens is 1020 g/mol. The van der Waals surface area contributed by atoms with Gasteiger partial charge in [0.15, 0.2) is 6.10 Å². The van der Waals surface area contributed by atoms with Crippen LogP contribution >= 0.6 is 0 Å². The van der Waals surface area contributed by atoms with Gasteiger partial charge in [0, 0.05) is 19.3 Å². The Morgan fingerprint density at radius 2 is 0.434 bits per heavy atom. The van der Waals surface area contributed by atoms with E-state index in [-0.39, 0.29) is 31.1 Å². The summed E-state index contributed by atoms with van der Waals surface area (Å²) in [4.78, 5) is 38.5. The molecule has 6 nitrogen and oxygen atoms in total. The molecule has 0 saturated heterocycles. The number of carbonyl (C=O) groups excluding carboxylic acids is 3. The quantitative estimate of drug-likeness (QED) is 0.0261. The van der Waals surface area contributed by atoms with Crippen LogP contribution in [0.25, 0.3) is 0 Å². The molecule has 0 bridgehead atoms. The number of esters is 3. The van der Waals surface area contributed by atoms with Crippen LogP contribution in [-0.2, 0) is 28.6 Å². The minimum Gasteiger partial charge on any atom is -0.462 e. The van der Waals surface area contributed by atoms with Crippen LogP contribution in [0.1, 0.15) is 393 Å². The Kier molecular flexibility index (Phi) is 69.1. The molecule has 0 aromatic heterocycles. The summed E-state index contributed by atoms with van der Waals surface area (Å²) < 4.78 is 17.0. The van der Waals surface area contributed by atoms with Crippen molar-refractivity contribution >= 4 is 17.9 Å². The second-order valence-electron chi connectivity index (χ2n) is 24.8. The van der Waals surface area contributed by atoms with Crippen LogP contribution in [0.3, 0.4) is 0 Å². The zero-order chi connectivity index (χ0) is 59.9. The van der Waals surface area contributed by atoms with Gasteiger partial charge >= 0.3 is 17.9 Å². The zero-order valence-corrected chi connectivity index (χ0v) is 55.7. The molecule has 0 radical (unpaired) electrons. The van der Waals surface area contributed by atoms with E-state index in [9.17, 15) is 14.4 Å². The molecule has 0 aliphatic carbocycles. The summed E-state index contributed by atoms with van der Waals surface area (Å²) >= 11 is 0. The van der Waals surface area contributed by atoms with E-state index in [1.54, 1.807) is 0 Å². The number of hydrogen-bond donors (Lipinski definition) is 0. The van der Waals surface area contributed by atoms with E-state index in [1.165, 1.54) is 276 Å². The maximum absolute atomic E-state index is 13.0. The molecule has 0 N–H and O–H groups in total. The van der Waals surface area contributed by atoms with Crippen molar-refractivity contribution in [3.63, 3.8) is 0 Å². The first kappa shape index (κ1) is 80.1. The average molecular weight is 1160 g/mol. The summed E-state index contributed by atoms with van der Waals surface area (Å²) in [7, 11) is 0. The highest BCUT2D eigenvalue weighted by atomic mass is 16.6. The lowest BCUT2D eigenvalue weighted by Crippen LogP contribution is -2.30. The smallest absolute Gasteiger partial charge is 0.306 e. The maximum atomic E-state index is 13.0. The van der Waals surface area contributed by atoms with E-state index in [0.717, 1.165) is 77.0 Å². The number of unbranched alkanes of at least 4 members (excludes halogenated alkanes) is 47. The molecule has 0 aromatic rings. The van der Waals surface area contributed by atoms with Crippen molar-refractivity contribution in [1.82, 2.24) is 0 Å². The normalized spacial score (nSPS) is 12.4. The number of allylic oxidation sites excluding steroid dienone is 10. The Bertz CT molecular complexity index is 1470. The van der Waals surface area contributed by atoms with Crippen LogP contribution in [0, 0.1) is 0 Å². The molecule has 0 aliphatic heterocycles. The van der Waals surface area contributed by atoms with Crippen molar-refractivity contribution in [3.05, 3.63) is 60.8 Å². The van der Waals surface area contributed by atoms with Gasteiger partial charge in [-0.05, 0) is 109 Å². The average Bonchev–Trinajstić information content (AvgIpc) is 3.49. The standard InChI is InChI=1S/C77H140O6/c1-4-7-10-13-16-19-22-25-28-31-34-36-37-38-39-41-43-46-49-52-55-58-61-64-67-70-76(79)82-73-74(72-81-75(78)69-66-63-60-57-54-51-48-45-42-33-30-27-24-21-18-15-12-9-6-3)83-77(80)71-68-65-62-59-56-53-50-47-44-40-35-32-29-26-23-20-17-14-11-8-5-2/h18,21,27,30-32,34-35,42,45,74H,4-17,19-20,22-26,28-29,33,36-41,43-44,46-73H2,1-3H3/b21-18-,30-27-,34-31-,35-32-,45-42-. The van der Waals surface area contributed by atoms with E-state index >= 15 is 0 Å². The highest BCUT2D eigenvalue weighted by Crippen LogP contribution is 2.18. The topological polar surface area (TPSA) is 78.9 Å². The van der Waals surface area contributed by atoms with Crippen molar-refractivity contribution in [3.8, 4) is 0 Å². The summed E-state index contributed by atoms with van der Waals surface area (Å²) in [5.74, 6) is -0.866. The Morgan fingerprint density at radius 3 is 0.711 bits per heavy atom. The highest BCUT2D eigenvalue weighted by molar-refractivity contribution is 5.71. The third-order valence-corrected chi connectivity index (χ3v) is 16.5. The Hall–Kier alpha value is -2.89. The summed E-state index contributed by atoms with van der Waals surface area (Å²) in [6, 6.07) is 0. The SMILES string of the molecule is CCCCC/C=C\C/C=C\C/C=C\CCCCCCCCC(=O)OCC(COC(=O)CCCCCCCCCCCCCCC/C=C\CCCCCCCCCC)OC(=O)CCCCCCCCCCC/C=C\CCCCCCCCCC. The van der Waals surface area contributed by atoms with E-state index in [4.69, 9.17) is 14.2 Å². The van der Waals surface area contributed by atoms with Crippen molar-refractivity contribution < 1.29 is 28.6 Å². The van der Waals surface area contributed by atoms with Gasteiger partial charge in [0.25, 0.3) is 0 Å². The second kappa shape index (κ2) is 71.6. The lowest BCUT2D eigenvalue weighted by Gasteiger charge is -2.18. The largest absolute Gasteiger partial charge is 0.462 e. The first-order valence-electron chi connectivity index (χ1n) is 36.8. The third kappa shape index (κ3) is 69.8. The number of ether oxygens (including phenoxy) is 3. The molecular formula is C77H140O6. The minimum absolute atomic E-state index is 0.0764. The molecule has 0 aromatic carbocycles. The Labute approximate surface area is 517 Å². The molecule has 0 saturated carbocycles. The molecule has 0 fully saturated rings. The number of rotatable bonds is 68. The highest BCUT2D eigenvalue weighted by Gasteiger charge is 2.19. The predicted octanol–water partition coefficient (Wildman–Crippen LogP) is 25.5. The third-order valence-electron chi connectivity index (χ3n) is 16.5. The maximum Gasteiger partial charge on any atom is 0.306 e. The van der Waals surface area contributed by atoms with Crippen molar-refractivity contribution in [2.24, 2.45) is 0 Å². The fourth-order valence-electron chi connectivity index (χ4n) is 10.9. The molecule has 484 valence electrons. The van der Waals surface area contributed by atoms with Gasteiger partial charge < -0.3 is 14.2 Å². The van der Waals surface area contributed by atoms with Crippen LogP contribution in [0.4, 0.5) is 0 Å². The molecule has 1 unspecified atom stereocenters. The summed E-state index contributed by atoms with van der Waals surface area (Å²) in [6.07, 6.45) is 92.5. The van der Waals surface area contributed by atoms with Gasteiger partial charge in [0.05, 0.1) is 0 Å². The monoisotopic (exact) mass is 1160 g/mol. The predicted molar refractivity (Wildman–Crippen MR) is 362 cm³/mol. The van der Waals surface area contributed by atoms with Gasteiger partial charge in [-0.15, -0.1) is 0 Å². The Balaban J connectivity index is 4.34. The van der Waals surface area contributed by atoms with Crippen molar-refractivity contribution in [2.45, 2.75) is 399 Å². The van der Waals surface area contributed by atoms with Crippen LogP contribution in [-0.4, -0.2) is 37.2 Å². The zero-order valence-electron chi connectivity index (χ0n) is 55.7. The molecule has 1 atom stereocenters. The van der Waals surface area contributed by atoms with E-state index in [0.29, 0.717) is 19.3 Å². The fraction of sp³-hybridized carbons (Fsp3) is 0.831. The number of hydrogen-bond acceptors (Lipinski definition) is 6. The van der Waals surface area contributed by atoms with Crippen molar-refractivity contribution in [1.29, 1.82) is 0 Å². The fourth-order valence-corrected chi connectivity index (χ4v) is 10.9. The van der Waals surface area contributed by atoms with Gasteiger partial charge in [0.1, 0.15) is 13.2 Å². The van der Waals surface area contributed by atoms with Gasteiger partial charge in [-0.2, -0.15) is 0 Å². The number of carbonyl (C=O) groups is 3. The summed E-state index contributed by atoms with van der Waals surface area (Å²) in [5, 5.41) is 0. The molecule has 0 spiro atoms. The molecule has 83 heavy (non-hydrogen) atoms. The van der Waals surface area contributed by atoms with E-state index in [1.807, 2.05) is 0 Å². The van der Waals surface area contributed by atoms with E-state index < -0.39 is 6.10 Å². The van der Waals surface area contributed by atoms with E-state index in [2.05, 4.69) is 81.5 Å². The molecule has 0 aliphatic rings. The molecule has 0 amide bonds. The first-order valence-corrected chi connectivity index (χ1v) is 36.8. The minimum atomic E-state index is -0.783. The summed E-state index contributed by atoms with van der Waals surface area (Å²) in [5.41, 5.74) is 0. The second-order valence-corrected chi connectivity index (χ2v) is 24.8. The van der Waals surface area contributed by atoms with Gasteiger partial charge in [-0.25, -0.2) is 0 Å². The van der Waals surface area contributed by atoms with Crippen LogP contribution in [0.5, 0.6) is 0 Å². The van der Waals surface area contributed by atoms with Crippen LogP contribution in [0.2, 0.25) is 0 Å².